The van der Waals surface area contributed by atoms with E-state index in [2.05, 4.69) is 47.4 Å². The fourth-order valence-corrected chi connectivity index (χ4v) is 3.48. The molecule has 24 heavy (non-hydrogen) atoms. The highest BCUT2D eigenvalue weighted by molar-refractivity contribution is 5.15. The fourth-order valence-electron chi connectivity index (χ4n) is 3.48. The van der Waals surface area contributed by atoms with Gasteiger partial charge in [-0.15, -0.1) is 0 Å². The third-order valence-corrected chi connectivity index (χ3v) is 4.84. The van der Waals surface area contributed by atoms with Crippen molar-refractivity contribution in [2.75, 3.05) is 19.7 Å². The molecule has 3 rings (SSSR count). The van der Waals surface area contributed by atoms with Gasteiger partial charge in [0.05, 0.1) is 12.7 Å². The summed E-state index contributed by atoms with van der Waals surface area (Å²) in [4.78, 5) is 2.47. The van der Waals surface area contributed by atoms with Crippen molar-refractivity contribution in [1.29, 1.82) is 0 Å². The van der Waals surface area contributed by atoms with Crippen LogP contribution in [-0.2, 0) is 17.9 Å². The molecule has 0 amide bonds. The van der Waals surface area contributed by atoms with Gasteiger partial charge in [-0.1, -0.05) is 60.7 Å². The van der Waals surface area contributed by atoms with Crippen LogP contribution in [0.15, 0.2) is 60.7 Å². The quantitative estimate of drug-likeness (QED) is 0.846. The van der Waals surface area contributed by atoms with Gasteiger partial charge in [-0.25, -0.2) is 0 Å². The van der Waals surface area contributed by atoms with Crippen molar-refractivity contribution in [3.8, 4) is 0 Å². The van der Waals surface area contributed by atoms with Crippen molar-refractivity contribution >= 4 is 0 Å². The summed E-state index contributed by atoms with van der Waals surface area (Å²) < 4.78 is 6.25. The Bertz CT molecular complexity index is 587. The highest BCUT2D eigenvalue weighted by Crippen LogP contribution is 2.25. The minimum Gasteiger partial charge on any atom is -0.396 e. The van der Waals surface area contributed by atoms with Gasteiger partial charge in [0.15, 0.2) is 0 Å². The summed E-state index contributed by atoms with van der Waals surface area (Å²) in [6.45, 7) is 3.87. The van der Waals surface area contributed by atoms with Crippen LogP contribution in [0.5, 0.6) is 0 Å². The molecule has 0 saturated carbocycles. The van der Waals surface area contributed by atoms with E-state index < -0.39 is 0 Å². The molecule has 0 bridgehead atoms. The normalized spacial score (nSPS) is 21.7. The van der Waals surface area contributed by atoms with Crippen LogP contribution in [0.25, 0.3) is 0 Å². The fraction of sp³-hybridized carbons (Fsp3) is 0.429. The topological polar surface area (TPSA) is 32.7 Å². The number of piperidine rings is 1. The average Bonchev–Trinajstić information content (AvgIpc) is 2.64. The molecule has 2 aromatic carbocycles. The molecule has 1 aliphatic heterocycles. The second-order valence-electron chi connectivity index (χ2n) is 6.62. The van der Waals surface area contributed by atoms with Crippen molar-refractivity contribution in [3.05, 3.63) is 71.8 Å². The van der Waals surface area contributed by atoms with Gasteiger partial charge >= 0.3 is 0 Å². The molecular weight excluding hydrogens is 298 g/mol. The minimum absolute atomic E-state index is 0.190. The van der Waals surface area contributed by atoms with E-state index in [-0.39, 0.29) is 12.7 Å². The van der Waals surface area contributed by atoms with E-state index in [0.29, 0.717) is 12.5 Å². The predicted octanol–water partition coefficient (Wildman–Crippen LogP) is 3.48. The lowest BCUT2D eigenvalue weighted by Crippen LogP contribution is -2.45. The molecule has 1 aliphatic rings. The lowest BCUT2D eigenvalue weighted by molar-refractivity contribution is -0.0539. The number of hydrogen-bond donors (Lipinski definition) is 1. The minimum atomic E-state index is 0.190. The van der Waals surface area contributed by atoms with E-state index >= 15 is 0 Å². The Labute approximate surface area is 144 Å². The van der Waals surface area contributed by atoms with Crippen molar-refractivity contribution in [2.24, 2.45) is 5.92 Å². The summed E-state index contributed by atoms with van der Waals surface area (Å²) in [5.74, 6) is 0.450. The number of aliphatic hydroxyl groups is 1. The molecule has 3 nitrogen and oxygen atoms in total. The number of hydrogen-bond acceptors (Lipinski definition) is 3. The van der Waals surface area contributed by atoms with Gasteiger partial charge in [0.2, 0.25) is 0 Å². The van der Waals surface area contributed by atoms with Gasteiger partial charge in [-0.05, 0) is 36.4 Å². The van der Waals surface area contributed by atoms with E-state index in [4.69, 9.17) is 4.74 Å². The van der Waals surface area contributed by atoms with Gasteiger partial charge in [0.1, 0.15) is 0 Å². The van der Waals surface area contributed by atoms with Crippen LogP contribution in [0.4, 0.5) is 0 Å². The summed E-state index contributed by atoms with van der Waals surface area (Å²) >= 11 is 0. The molecule has 1 heterocycles. The van der Waals surface area contributed by atoms with E-state index in [9.17, 15) is 5.11 Å². The van der Waals surface area contributed by atoms with Crippen LogP contribution in [0.2, 0.25) is 0 Å². The first-order chi connectivity index (χ1) is 11.8. The first-order valence-electron chi connectivity index (χ1n) is 8.88. The second-order valence-corrected chi connectivity index (χ2v) is 6.62. The third-order valence-electron chi connectivity index (χ3n) is 4.84. The molecule has 1 fully saturated rings. The lowest BCUT2D eigenvalue weighted by Gasteiger charge is -2.38. The molecule has 0 aromatic heterocycles. The third kappa shape index (κ3) is 4.91. The Balaban J connectivity index is 1.59. The molecule has 2 atom stereocenters. The summed E-state index contributed by atoms with van der Waals surface area (Å²) in [5, 5.41) is 9.35. The summed E-state index contributed by atoms with van der Waals surface area (Å²) in [5.41, 5.74) is 2.56. The van der Waals surface area contributed by atoms with Crippen LogP contribution < -0.4 is 0 Å². The molecule has 2 unspecified atom stereocenters. The van der Waals surface area contributed by atoms with Crippen LogP contribution >= 0.6 is 0 Å². The molecule has 0 radical (unpaired) electrons. The Morgan fingerprint density at radius 2 is 1.62 bits per heavy atom. The number of nitrogens with zero attached hydrogens (tertiary/aromatic N) is 1. The maximum Gasteiger partial charge on any atom is 0.0736 e. The highest BCUT2D eigenvalue weighted by Gasteiger charge is 2.29. The molecule has 0 aliphatic carbocycles. The van der Waals surface area contributed by atoms with Crippen LogP contribution in [0.3, 0.4) is 0 Å². The smallest absolute Gasteiger partial charge is 0.0736 e. The van der Waals surface area contributed by atoms with Gasteiger partial charge in [0.25, 0.3) is 0 Å². The van der Waals surface area contributed by atoms with E-state index in [1.165, 1.54) is 11.1 Å². The van der Waals surface area contributed by atoms with Crippen molar-refractivity contribution < 1.29 is 9.84 Å². The highest BCUT2D eigenvalue weighted by atomic mass is 16.5. The molecular formula is C21H27NO2. The maximum atomic E-state index is 9.35. The van der Waals surface area contributed by atoms with E-state index in [1.54, 1.807) is 0 Å². The largest absolute Gasteiger partial charge is 0.396 e. The number of aliphatic hydroxyl groups excluding tert-OH is 1. The molecule has 2 aromatic rings. The van der Waals surface area contributed by atoms with Gasteiger partial charge < -0.3 is 9.84 Å². The summed E-state index contributed by atoms with van der Waals surface area (Å²) in [7, 11) is 0. The summed E-state index contributed by atoms with van der Waals surface area (Å²) in [6, 6.07) is 20.9. The van der Waals surface area contributed by atoms with Crippen LogP contribution in [0.1, 0.15) is 24.0 Å². The lowest BCUT2D eigenvalue weighted by atomic mass is 9.90. The van der Waals surface area contributed by atoms with Crippen LogP contribution in [0, 0.1) is 5.92 Å². The molecule has 3 heteroatoms. The zero-order valence-electron chi connectivity index (χ0n) is 14.2. The Morgan fingerprint density at radius 1 is 0.958 bits per heavy atom. The summed E-state index contributed by atoms with van der Waals surface area (Å²) in [6.07, 6.45) is 2.11. The van der Waals surface area contributed by atoms with Crippen LogP contribution in [-0.4, -0.2) is 35.8 Å². The zero-order valence-corrected chi connectivity index (χ0v) is 14.2. The second kappa shape index (κ2) is 8.97. The monoisotopic (exact) mass is 325 g/mol. The predicted molar refractivity (Wildman–Crippen MR) is 96.5 cm³/mol. The first-order valence-corrected chi connectivity index (χ1v) is 8.88. The Hall–Kier alpha value is -1.68. The van der Waals surface area contributed by atoms with Gasteiger partial charge in [0, 0.05) is 19.7 Å². The van der Waals surface area contributed by atoms with Crippen molar-refractivity contribution in [2.45, 2.75) is 32.1 Å². The van der Waals surface area contributed by atoms with E-state index in [1.807, 2.05) is 18.2 Å². The van der Waals surface area contributed by atoms with Crippen molar-refractivity contribution in [1.82, 2.24) is 4.90 Å². The number of rotatable bonds is 7. The standard InChI is InChI=1S/C21H27NO2/c23-14-12-20-11-13-22(15-18-7-3-1-4-8-18)16-21(20)24-17-19-9-5-2-6-10-19/h1-10,20-21,23H,11-17H2. The Kier molecular flexibility index (Phi) is 6.41. The maximum absolute atomic E-state index is 9.35. The van der Waals surface area contributed by atoms with Crippen molar-refractivity contribution in [3.63, 3.8) is 0 Å². The number of benzene rings is 2. The van der Waals surface area contributed by atoms with E-state index in [0.717, 1.165) is 32.5 Å². The van der Waals surface area contributed by atoms with Gasteiger partial charge in [-0.2, -0.15) is 0 Å². The Morgan fingerprint density at radius 3 is 2.29 bits per heavy atom. The SMILES string of the molecule is OCCC1CCN(Cc2ccccc2)CC1OCc1ccccc1. The molecule has 1 N–H and O–H groups in total. The number of ether oxygens (including phenoxy) is 1. The molecule has 0 spiro atoms. The molecule has 1 saturated heterocycles. The molecule has 128 valence electrons. The number of likely N-dealkylation sites (tertiary alicyclic amines) is 1. The zero-order chi connectivity index (χ0) is 16.6. The average molecular weight is 325 g/mol. The van der Waals surface area contributed by atoms with Gasteiger partial charge in [-0.3, -0.25) is 4.90 Å². The first kappa shape index (κ1) is 17.2.